The van der Waals surface area contributed by atoms with Crippen molar-refractivity contribution in [1.29, 1.82) is 0 Å². The Labute approximate surface area is 81.4 Å². The van der Waals surface area contributed by atoms with Crippen LogP contribution in [-0.4, -0.2) is 0 Å². The Morgan fingerprint density at radius 1 is 1.42 bits per heavy atom. The average molecular weight is 224 g/mol. The van der Waals surface area contributed by atoms with E-state index in [0.29, 0.717) is 0 Å². The van der Waals surface area contributed by atoms with Crippen LogP contribution >= 0.6 is 15.9 Å². The van der Waals surface area contributed by atoms with Gasteiger partial charge in [-0.1, -0.05) is 15.9 Å². The molecule has 62 valence electrons. The van der Waals surface area contributed by atoms with Crippen LogP contribution < -0.4 is 0 Å². The molecule has 1 unspecified atom stereocenters. The molecule has 0 radical (unpaired) electrons. The Bertz CT molecular complexity index is 305. The van der Waals surface area contributed by atoms with Gasteiger partial charge in [-0.05, 0) is 30.7 Å². The fourth-order valence-electron chi connectivity index (χ4n) is 1.08. The SMILES string of the molecule is [C-]#[N+]C(C)c1cc(C)cc(Br)c1. The zero-order valence-electron chi connectivity index (χ0n) is 7.13. The summed E-state index contributed by atoms with van der Waals surface area (Å²) in [5.41, 5.74) is 2.27. The summed E-state index contributed by atoms with van der Waals surface area (Å²) in [6.45, 7) is 10.8. The average Bonchev–Trinajstić information content (AvgIpc) is 2.01. The van der Waals surface area contributed by atoms with Gasteiger partial charge in [0.1, 0.15) is 0 Å². The summed E-state index contributed by atoms with van der Waals surface area (Å²) in [5, 5.41) is 0. The van der Waals surface area contributed by atoms with Gasteiger partial charge in [-0.2, -0.15) is 0 Å². The van der Waals surface area contributed by atoms with E-state index in [2.05, 4.69) is 20.8 Å². The molecule has 0 aromatic heterocycles. The smallest absolute Gasteiger partial charge is 0.246 e. The largest absolute Gasteiger partial charge is 0.309 e. The zero-order valence-corrected chi connectivity index (χ0v) is 8.72. The first-order chi connectivity index (χ1) is 5.63. The van der Waals surface area contributed by atoms with Crippen molar-refractivity contribution < 1.29 is 0 Å². The summed E-state index contributed by atoms with van der Waals surface area (Å²) < 4.78 is 1.05. The molecular formula is C10H10BrN. The monoisotopic (exact) mass is 223 g/mol. The molecule has 1 aromatic carbocycles. The Kier molecular flexibility index (Phi) is 2.88. The first kappa shape index (κ1) is 9.28. The standard InChI is InChI=1S/C10H10BrN/c1-7-4-9(8(2)12-3)6-10(11)5-7/h4-6,8H,1-2H3. The van der Waals surface area contributed by atoms with Gasteiger partial charge in [0.15, 0.2) is 0 Å². The van der Waals surface area contributed by atoms with Crippen molar-refractivity contribution in [2.24, 2.45) is 0 Å². The van der Waals surface area contributed by atoms with Gasteiger partial charge < -0.3 is 4.85 Å². The Morgan fingerprint density at radius 2 is 2.08 bits per heavy atom. The molecule has 0 spiro atoms. The van der Waals surface area contributed by atoms with E-state index in [1.807, 2.05) is 32.0 Å². The van der Waals surface area contributed by atoms with Crippen molar-refractivity contribution >= 4 is 15.9 Å². The van der Waals surface area contributed by atoms with Crippen molar-refractivity contribution in [2.45, 2.75) is 19.9 Å². The summed E-state index contributed by atoms with van der Waals surface area (Å²) in [6.07, 6.45) is 0. The molecule has 0 N–H and O–H groups in total. The Balaban J connectivity index is 3.10. The Morgan fingerprint density at radius 3 is 2.58 bits per heavy atom. The highest BCUT2D eigenvalue weighted by Crippen LogP contribution is 2.22. The number of benzene rings is 1. The van der Waals surface area contributed by atoms with E-state index in [4.69, 9.17) is 6.57 Å². The predicted molar refractivity (Wildman–Crippen MR) is 53.9 cm³/mol. The van der Waals surface area contributed by atoms with Gasteiger partial charge in [-0.25, -0.2) is 6.57 Å². The molecule has 0 aliphatic rings. The van der Waals surface area contributed by atoms with Crippen LogP contribution in [-0.2, 0) is 0 Å². The molecule has 0 saturated heterocycles. The summed E-state index contributed by atoms with van der Waals surface area (Å²) in [7, 11) is 0. The summed E-state index contributed by atoms with van der Waals surface area (Å²) in [4.78, 5) is 3.47. The van der Waals surface area contributed by atoms with Crippen molar-refractivity contribution in [3.63, 3.8) is 0 Å². The quantitative estimate of drug-likeness (QED) is 0.640. The molecule has 0 aliphatic carbocycles. The minimum atomic E-state index is -0.0406. The third kappa shape index (κ3) is 2.09. The first-order valence-corrected chi connectivity index (χ1v) is 4.56. The zero-order chi connectivity index (χ0) is 9.14. The molecule has 0 heterocycles. The molecule has 0 amide bonds. The maximum Gasteiger partial charge on any atom is 0.246 e. The minimum absolute atomic E-state index is 0.0406. The van der Waals surface area contributed by atoms with Gasteiger partial charge in [0.2, 0.25) is 6.04 Å². The number of aryl methyl sites for hydroxylation is 1. The lowest BCUT2D eigenvalue weighted by Gasteiger charge is -2.02. The normalized spacial score (nSPS) is 12.2. The van der Waals surface area contributed by atoms with E-state index in [0.717, 1.165) is 10.0 Å². The van der Waals surface area contributed by atoms with E-state index < -0.39 is 0 Å². The van der Waals surface area contributed by atoms with Gasteiger partial charge >= 0.3 is 0 Å². The lowest BCUT2D eigenvalue weighted by atomic mass is 10.1. The van der Waals surface area contributed by atoms with Crippen molar-refractivity contribution in [1.82, 2.24) is 0 Å². The topological polar surface area (TPSA) is 4.36 Å². The molecule has 1 nitrogen and oxygen atoms in total. The van der Waals surface area contributed by atoms with Crippen LogP contribution in [0.4, 0.5) is 0 Å². The number of rotatable bonds is 1. The van der Waals surface area contributed by atoms with Gasteiger partial charge in [0, 0.05) is 17.0 Å². The predicted octanol–water partition coefficient (Wildman–Crippen LogP) is 3.74. The van der Waals surface area contributed by atoms with Crippen LogP contribution in [0.5, 0.6) is 0 Å². The van der Waals surface area contributed by atoms with E-state index in [9.17, 15) is 0 Å². The minimum Gasteiger partial charge on any atom is -0.309 e. The van der Waals surface area contributed by atoms with E-state index in [1.54, 1.807) is 0 Å². The van der Waals surface area contributed by atoms with Crippen LogP contribution in [0.3, 0.4) is 0 Å². The Hall–Kier alpha value is -0.810. The molecule has 0 aliphatic heterocycles. The van der Waals surface area contributed by atoms with E-state index in [1.165, 1.54) is 5.56 Å². The molecule has 0 saturated carbocycles. The third-order valence-corrected chi connectivity index (χ3v) is 2.20. The highest BCUT2D eigenvalue weighted by molar-refractivity contribution is 9.10. The molecule has 1 atom stereocenters. The lowest BCUT2D eigenvalue weighted by Crippen LogP contribution is -1.87. The maximum atomic E-state index is 6.90. The highest BCUT2D eigenvalue weighted by atomic mass is 79.9. The molecule has 12 heavy (non-hydrogen) atoms. The van der Waals surface area contributed by atoms with Crippen molar-refractivity contribution in [3.05, 3.63) is 45.2 Å². The molecule has 1 aromatic rings. The molecule has 2 heteroatoms. The van der Waals surface area contributed by atoms with Crippen LogP contribution in [0.25, 0.3) is 4.85 Å². The van der Waals surface area contributed by atoms with Crippen LogP contribution in [0.1, 0.15) is 24.1 Å². The summed E-state index contributed by atoms with van der Waals surface area (Å²) in [6, 6.07) is 6.05. The number of nitrogens with zero attached hydrogens (tertiary/aromatic N) is 1. The fraction of sp³-hybridized carbons (Fsp3) is 0.300. The van der Waals surface area contributed by atoms with Crippen LogP contribution in [0.15, 0.2) is 22.7 Å². The van der Waals surface area contributed by atoms with Crippen molar-refractivity contribution in [3.8, 4) is 0 Å². The second kappa shape index (κ2) is 3.73. The van der Waals surface area contributed by atoms with Gasteiger partial charge in [-0.3, -0.25) is 0 Å². The maximum absolute atomic E-state index is 6.90. The summed E-state index contributed by atoms with van der Waals surface area (Å²) >= 11 is 3.41. The molecule has 0 bridgehead atoms. The van der Waals surface area contributed by atoms with Crippen LogP contribution in [0.2, 0.25) is 0 Å². The molecule has 0 fully saturated rings. The van der Waals surface area contributed by atoms with Gasteiger partial charge in [-0.15, -0.1) is 0 Å². The number of hydrogen-bond acceptors (Lipinski definition) is 0. The van der Waals surface area contributed by atoms with E-state index in [-0.39, 0.29) is 6.04 Å². The molecular weight excluding hydrogens is 214 g/mol. The van der Waals surface area contributed by atoms with Crippen molar-refractivity contribution in [2.75, 3.05) is 0 Å². The third-order valence-electron chi connectivity index (χ3n) is 1.74. The highest BCUT2D eigenvalue weighted by Gasteiger charge is 2.08. The van der Waals surface area contributed by atoms with Gasteiger partial charge in [0.05, 0.1) is 0 Å². The number of hydrogen-bond donors (Lipinski definition) is 0. The lowest BCUT2D eigenvalue weighted by molar-refractivity contribution is 0.957. The summed E-state index contributed by atoms with van der Waals surface area (Å²) in [5.74, 6) is 0. The molecule has 1 rings (SSSR count). The second-order valence-electron chi connectivity index (χ2n) is 2.87. The first-order valence-electron chi connectivity index (χ1n) is 3.77. The second-order valence-corrected chi connectivity index (χ2v) is 3.78. The van der Waals surface area contributed by atoms with Gasteiger partial charge in [0.25, 0.3) is 0 Å². The van der Waals surface area contributed by atoms with Crippen LogP contribution in [0, 0.1) is 13.5 Å². The van der Waals surface area contributed by atoms with E-state index >= 15 is 0 Å². The number of halogens is 1. The fourth-order valence-corrected chi connectivity index (χ4v) is 1.71.